The number of hydrogen-bond donors (Lipinski definition) is 1. The molecule has 1 unspecified atom stereocenters. The van der Waals surface area contributed by atoms with Gasteiger partial charge >= 0.3 is 0 Å². The van der Waals surface area contributed by atoms with Crippen molar-refractivity contribution in [3.8, 4) is 0 Å². The van der Waals surface area contributed by atoms with Crippen molar-refractivity contribution in [1.29, 1.82) is 0 Å². The van der Waals surface area contributed by atoms with Gasteiger partial charge in [-0.1, -0.05) is 0 Å². The van der Waals surface area contributed by atoms with Crippen LogP contribution in [0, 0.1) is 6.92 Å². The topological polar surface area (TPSA) is 61.0 Å². The summed E-state index contributed by atoms with van der Waals surface area (Å²) in [6, 6.07) is 0. The Bertz CT molecular complexity index is 248. The highest BCUT2D eigenvalue weighted by molar-refractivity contribution is 5.09. The molecule has 1 atom stereocenters. The minimum Gasteiger partial charge on any atom is -0.372 e. The molecule has 0 spiro atoms. The molecule has 0 aliphatic heterocycles. The summed E-state index contributed by atoms with van der Waals surface area (Å²) in [7, 11) is 0. The first kappa shape index (κ1) is 10.1. The summed E-state index contributed by atoms with van der Waals surface area (Å²) in [5.74, 6) is 0.760. The molecule has 4 heteroatoms. The van der Waals surface area contributed by atoms with Crippen LogP contribution in [0.4, 0.5) is 0 Å². The van der Waals surface area contributed by atoms with Gasteiger partial charge in [0.05, 0.1) is 6.10 Å². The summed E-state index contributed by atoms with van der Waals surface area (Å²) in [6.07, 6.45) is 3.44. The quantitative estimate of drug-likeness (QED) is 0.747. The second kappa shape index (κ2) is 4.89. The van der Waals surface area contributed by atoms with Crippen molar-refractivity contribution in [3.05, 3.63) is 23.8 Å². The van der Waals surface area contributed by atoms with Crippen molar-refractivity contribution in [3.63, 3.8) is 0 Å². The summed E-state index contributed by atoms with van der Waals surface area (Å²) in [5.41, 5.74) is 6.49. The van der Waals surface area contributed by atoms with Gasteiger partial charge in [0.15, 0.2) is 0 Å². The zero-order chi connectivity index (χ0) is 9.68. The van der Waals surface area contributed by atoms with Gasteiger partial charge in [0, 0.05) is 31.1 Å². The highest BCUT2D eigenvalue weighted by Crippen LogP contribution is 2.13. The van der Waals surface area contributed by atoms with E-state index in [0.29, 0.717) is 13.2 Å². The minimum atomic E-state index is -0.0781. The SMILES string of the molecule is CCOC(CN)c1cnc(C)nc1. The predicted molar refractivity (Wildman–Crippen MR) is 50.2 cm³/mol. The van der Waals surface area contributed by atoms with Gasteiger partial charge in [0.2, 0.25) is 0 Å². The average molecular weight is 181 g/mol. The third-order valence-corrected chi connectivity index (χ3v) is 1.75. The fourth-order valence-corrected chi connectivity index (χ4v) is 1.07. The van der Waals surface area contributed by atoms with Crippen LogP contribution in [0.5, 0.6) is 0 Å². The van der Waals surface area contributed by atoms with E-state index >= 15 is 0 Å². The van der Waals surface area contributed by atoms with Crippen LogP contribution in [-0.4, -0.2) is 23.1 Å². The molecule has 0 bridgehead atoms. The second-order valence-electron chi connectivity index (χ2n) is 2.74. The molecule has 72 valence electrons. The Morgan fingerprint density at radius 2 is 2.08 bits per heavy atom. The molecule has 1 rings (SSSR count). The van der Waals surface area contributed by atoms with E-state index in [1.165, 1.54) is 0 Å². The van der Waals surface area contributed by atoms with E-state index in [4.69, 9.17) is 10.5 Å². The summed E-state index contributed by atoms with van der Waals surface area (Å²) in [5, 5.41) is 0. The molecular weight excluding hydrogens is 166 g/mol. The van der Waals surface area contributed by atoms with Gasteiger partial charge in [-0.05, 0) is 13.8 Å². The Balaban J connectivity index is 2.73. The van der Waals surface area contributed by atoms with Crippen LogP contribution in [0.15, 0.2) is 12.4 Å². The van der Waals surface area contributed by atoms with Gasteiger partial charge in [-0.2, -0.15) is 0 Å². The van der Waals surface area contributed by atoms with Crippen molar-refractivity contribution >= 4 is 0 Å². The lowest BCUT2D eigenvalue weighted by atomic mass is 10.2. The third-order valence-electron chi connectivity index (χ3n) is 1.75. The number of nitrogens with two attached hydrogens (primary N) is 1. The number of rotatable bonds is 4. The van der Waals surface area contributed by atoms with Crippen molar-refractivity contribution < 1.29 is 4.74 Å². The number of aromatic nitrogens is 2. The molecule has 0 fully saturated rings. The zero-order valence-electron chi connectivity index (χ0n) is 8.03. The monoisotopic (exact) mass is 181 g/mol. The van der Waals surface area contributed by atoms with Gasteiger partial charge in [-0.25, -0.2) is 9.97 Å². The van der Waals surface area contributed by atoms with E-state index in [1.54, 1.807) is 12.4 Å². The van der Waals surface area contributed by atoms with E-state index in [9.17, 15) is 0 Å². The molecule has 4 nitrogen and oxygen atoms in total. The van der Waals surface area contributed by atoms with Crippen molar-refractivity contribution in [2.24, 2.45) is 5.73 Å². The summed E-state index contributed by atoms with van der Waals surface area (Å²) in [6.45, 7) is 4.90. The first-order chi connectivity index (χ1) is 6.27. The van der Waals surface area contributed by atoms with Crippen LogP contribution >= 0.6 is 0 Å². The Hall–Kier alpha value is -1.00. The summed E-state index contributed by atoms with van der Waals surface area (Å²) in [4.78, 5) is 8.17. The van der Waals surface area contributed by atoms with Crippen LogP contribution in [-0.2, 0) is 4.74 Å². The van der Waals surface area contributed by atoms with Crippen molar-refractivity contribution in [2.75, 3.05) is 13.2 Å². The fourth-order valence-electron chi connectivity index (χ4n) is 1.07. The molecule has 1 heterocycles. The standard InChI is InChI=1S/C9H15N3O/c1-3-13-9(4-10)8-5-11-7(2)12-6-8/h5-6,9H,3-4,10H2,1-2H3. The largest absolute Gasteiger partial charge is 0.372 e. The Kier molecular flexibility index (Phi) is 3.79. The maximum atomic E-state index is 5.55. The molecule has 0 saturated carbocycles. The maximum Gasteiger partial charge on any atom is 0.125 e. The number of nitrogens with zero attached hydrogens (tertiary/aromatic N) is 2. The lowest BCUT2D eigenvalue weighted by molar-refractivity contribution is 0.0683. The summed E-state index contributed by atoms with van der Waals surface area (Å²) < 4.78 is 5.41. The lowest BCUT2D eigenvalue weighted by Gasteiger charge is -2.13. The minimum absolute atomic E-state index is 0.0781. The number of ether oxygens (including phenoxy) is 1. The molecule has 1 aromatic rings. The molecule has 1 aromatic heterocycles. The lowest BCUT2D eigenvalue weighted by Crippen LogP contribution is -2.16. The zero-order valence-corrected chi connectivity index (χ0v) is 8.03. The fraction of sp³-hybridized carbons (Fsp3) is 0.556. The average Bonchev–Trinajstić information content (AvgIpc) is 2.16. The van der Waals surface area contributed by atoms with E-state index in [-0.39, 0.29) is 6.10 Å². The first-order valence-corrected chi connectivity index (χ1v) is 4.38. The molecule has 0 saturated heterocycles. The third kappa shape index (κ3) is 2.75. The van der Waals surface area contributed by atoms with E-state index < -0.39 is 0 Å². The summed E-state index contributed by atoms with van der Waals surface area (Å²) >= 11 is 0. The van der Waals surface area contributed by atoms with Gasteiger partial charge in [-0.3, -0.25) is 0 Å². The molecule has 0 amide bonds. The Morgan fingerprint density at radius 1 is 1.46 bits per heavy atom. The molecule has 0 aliphatic carbocycles. The van der Waals surface area contributed by atoms with E-state index in [0.717, 1.165) is 11.4 Å². The second-order valence-corrected chi connectivity index (χ2v) is 2.74. The molecule has 2 N–H and O–H groups in total. The molecule has 0 radical (unpaired) electrons. The number of hydrogen-bond acceptors (Lipinski definition) is 4. The number of aryl methyl sites for hydroxylation is 1. The van der Waals surface area contributed by atoms with Crippen LogP contribution in [0.2, 0.25) is 0 Å². The van der Waals surface area contributed by atoms with Gasteiger partial charge < -0.3 is 10.5 Å². The van der Waals surface area contributed by atoms with Crippen LogP contribution < -0.4 is 5.73 Å². The van der Waals surface area contributed by atoms with E-state index in [1.807, 2.05) is 13.8 Å². The van der Waals surface area contributed by atoms with Crippen LogP contribution in [0.3, 0.4) is 0 Å². The van der Waals surface area contributed by atoms with Gasteiger partial charge in [-0.15, -0.1) is 0 Å². The van der Waals surface area contributed by atoms with E-state index in [2.05, 4.69) is 9.97 Å². The van der Waals surface area contributed by atoms with Gasteiger partial charge in [0.1, 0.15) is 5.82 Å². The highest BCUT2D eigenvalue weighted by Gasteiger charge is 2.09. The van der Waals surface area contributed by atoms with Crippen LogP contribution in [0.1, 0.15) is 24.4 Å². The van der Waals surface area contributed by atoms with Crippen molar-refractivity contribution in [1.82, 2.24) is 9.97 Å². The Labute approximate surface area is 78.1 Å². The van der Waals surface area contributed by atoms with Gasteiger partial charge in [0.25, 0.3) is 0 Å². The molecular formula is C9H15N3O. The molecule has 0 aliphatic rings. The Morgan fingerprint density at radius 3 is 2.54 bits per heavy atom. The highest BCUT2D eigenvalue weighted by atomic mass is 16.5. The first-order valence-electron chi connectivity index (χ1n) is 4.38. The van der Waals surface area contributed by atoms with Crippen LogP contribution in [0.25, 0.3) is 0 Å². The molecule has 0 aromatic carbocycles. The maximum absolute atomic E-state index is 5.55. The van der Waals surface area contributed by atoms with Crippen molar-refractivity contribution in [2.45, 2.75) is 20.0 Å². The smallest absolute Gasteiger partial charge is 0.125 e. The molecule has 13 heavy (non-hydrogen) atoms. The normalized spacial score (nSPS) is 12.8. The predicted octanol–water partition coefficient (Wildman–Crippen LogP) is 0.821.